The molecular formula is C33H33N2O5-. The van der Waals surface area contributed by atoms with E-state index in [0.717, 1.165) is 22.4 Å². The van der Waals surface area contributed by atoms with E-state index in [4.69, 9.17) is 4.74 Å². The van der Waals surface area contributed by atoms with Gasteiger partial charge in [-0.2, -0.15) is 0 Å². The molecule has 0 spiro atoms. The Kier molecular flexibility index (Phi) is 7.74. The first-order chi connectivity index (χ1) is 19.2. The summed E-state index contributed by atoms with van der Waals surface area (Å²) in [6, 6.07) is 22.4. The minimum atomic E-state index is -1.30. The van der Waals surface area contributed by atoms with Crippen molar-refractivity contribution in [2.24, 2.45) is 0 Å². The van der Waals surface area contributed by atoms with Crippen LogP contribution in [-0.2, 0) is 14.4 Å². The number of carboxylic acid groups (broad SMARTS) is 1. The first-order valence-corrected chi connectivity index (χ1v) is 13.7. The maximum Gasteiger partial charge on any atom is 0.228 e. The van der Waals surface area contributed by atoms with E-state index in [-0.39, 0.29) is 24.2 Å². The van der Waals surface area contributed by atoms with E-state index < -0.39 is 24.3 Å². The second kappa shape index (κ2) is 11.4. The highest BCUT2D eigenvalue weighted by Gasteiger charge is 2.41. The zero-order chi connectivity index (χ0) is 28.4. The number of Topliss-reactive ketones (excluding diaryl/α,β-unsaturated/α-hetero) is 1. The number of aryl methyl sites for hydroxylation is 1. The predicted octanol–water partition coefficient (Wildman–Crippen LogP) is 5.21. The third-order valence-corrected chi connectivity index (χ3v) is 7.42. The number of ether oxygens (including phenoxy) is 1. The first-order valence-electron chi connectivity index (χ1n) is 13.7. The van der Waals surface area contributed by atoms with Crippen LogP contribution in [0.4, 0.5) is 11.4 Å². The van der Waals surface area contributed by atoms with Crippen LogP contribution < -0.4 is 20.1 Å². The third-order valence-electron chi connectivity index (χ3n) is 7.42. The maximum absolute atomic E-state index is 14.0. The van der Waals surface area contributed by atoms with Crippen LogP contribution in [0.15, 0.2) is 84.1 Å². The van der Waals surface area contributed by atoms with Crippen LogP contribution in [-0.4, -0.2) is 23.8 Å². The maximum atomic E-state index is 14.0. The van der Waals surface area contributed by atoms with Gasteiger partial charge in [0.05, 0.1) is 23.5 Å². The number of hydrogen-bond acceptors (Lipinski definition) is 6. The molecule has 0 saturated heterocycles. The second-order valence-electron chi connectivity index (χ2n) is 10.7. The molecule has 0 fully saturated rings. The van der Waals surface area contributed by atoms with Crippen molar-refractivity contribution in [3.05, 3.63) is 101 Å². The number of anilines is 2. The van der Waals surface area contributed by atoms with Crippen molar-refractivity contribution < 1.29 is 24.2 Å². The van der Waals surface area contributed by atoms with Gasteiger partial charge in [-0.15, -0.1) is 0 Å². The standard InChI is InChI=1S/C33H34N2O5/c1-20(2)40-25-14-12-23(13-15-25)33-32-27(18-24(19-29(32)36)22-10-8-21(3)9-11-22)34-26-6-4-5-7-28(26)35(33)30(37)16-17-31(38)39/h4-15,20,24,33-34H,16-19H2,1-3H3,(H,38,39)/p-1. The number of benzene rings is 3. The average molecular weight is 538 g/mol. The zero-order valence-electron chi connectivity index (χ0n) is 23.0. The van der Waals surface area contributed by atoms with Crippen molar-refractivity contribution in [1.82, 2.24) is 0 Å². The molecule has 1 heterocycles. The molecule has 40 heavy (non-hydrogen) atoms. The zero-order valence-corrected chi connectivity index (χ0v) is 23.0. The number of para-hydroxylation sites is 2. The molecule has 7 nitrogen and oxygen atoms in total. The molecule has 0 saturated carbocycles. The van der Waals surface area contributed by atoms with Gasteiger partial charge in [-0.05, 0) is 74.9 Å². The number of hydrogen-bond donors (Lipinski definition) is 1. The monoisotopic (exact) mass is 537 g/mol. The molecular weight excluding hydrogens is 504 g/mol. The van der Waals surface area contributed by atoms with Crippen molar-refractivity contribution >= 4 is 29.0 Å². The van der Waals surface area contributed by atoms with E-state index in [0.29, 0.717) is 35.5 Å². The van der Waals surface area contributed by atoms with Crippen LogP contribution >= 0.6 is 0 Å². The van der Waals surface area contributed by atoms with E-state index in [2.05, 4.69) is 29.6 Å². The summed E-state index contributed by atoms with van der Waals surface area (Å²) in [6.45, 7) is 5.93. The first kappa shape index (κ1) is 27.2. The lowest BCUT2D eigenvalue weighted by Crippen LogP contribution is -2.39. The van der Waals surface area contributed by atoms with E-state index in [1.165, 1.54) is 0 Å². The van der Waals surface area contributed by atoms with Gasteiger partial charge in [0.25, 0.3) is 0 Å². The fourth-order valence-corrected chi connectivity index (χ4v) is 5.59. The largest absolute Gasteiger partial charge is 0.550 e. The minimum Gasteiger partial charge on any atom is -0.550 e. The van der Waals surface area contributed by atoms with Gasteiger partial charge in [0, 0.05) is 30.1 Å². The number of aliphatic carboxylic acids is 1. The lowest BCUT2D eigenvalue weighted by molar-refractivity contribution is -0.305. The number of nitrogens with one attached hydrogen (secondary N) is 1. The molecule has 2 aliphatic rings. The molecule has 0 bridgehead atoms. The van der Waals surface area contributed by atoms with Gasteiger partial charge in [0.1, 0.15) is 5.75 Å². The molecule has 1 aliphatic carbocycles. The lowest BCUT2D eigenvalue weighted by Gasteiger charge is -2.35. The second-order valence-corrected chi connectivity index (χ2v) is 10.7. The average Bonchev–Trinajstić information content (AvgIpc) is 3.07. The van der Waals surface area contributed by atoms with Gasteiger partial charge in [0.2, 0.25) is 5.91 Å². The molecule has 5 rings (SSSR count). The number of nitrogens with zero attached hydrogens (tertiary/aromatic N) is 1. The third kappa shape index (κ3) is 5.64. The molecule has 2 unspecified atom stereocenters. The van der Waals surface area contributed by atoms with Gasteiger partial charge in [-0.1, -0.05) is 54.1 Å². The topological polar surface area (TPSA) is 98.8 Å². The van der Waals surface area contributed by atoms with Crippen LogP contribution in [0.5, 0.6) is 5.75 Å². The van der Waals surface area contributed by atoms with Crippen LogP contribution in [0.25, 0.3) is 0 Å². The van der Waals surface area contributed by atoms with E-state index in [9.17, 15) is 19.5 Å². The highest BCUT2D eigenvalue weighted by molar-refractivity contribution is 6.06. The Labute approximate surface area is 234 Å². The number of fused-ring (bicyclic) bond motifs is 1. The number of amides is 1. The van der Waals surface area contributed by atoms with Crippen molar-refractivity contribution in [3.63, 3.8) is 0 Å². The summed E-state index contributed by atoms with van der Waals surface area (Å²) >= 11 is 0. The van der Waals surface area contributed by atoms with Crippen molar-refractivity contribution in [1.29, 1.82) is 0 Å². The van der Waals surface area contributed by atoms with Gasteiger partial charge >= 0.3 is 0 Å². The van der Waals surface area contributed by atoms with Gasteiger partial charge in [-0.25, -0.2) is 0 Å². The summed E-state index contributed by atoms with van der Waals surface area (Å²) in [5.74, 6) is -1.06. The van der Waals surface area contributed by atoms with Crippen LogP contribution in [0.1, 0.15) is 68.2 Å². The molecule has 206 valence electrons. The van der Waals surface area contributed by atoms with Crippen LogP contribution in [0, 0.1) is 6.92 Å². The van der Waals surface area contributed by atoms with Crippen molar-refractivity contribution in [2.45, 2.75) is 64.5 Å². The van der Waals surface area contributed by atoms with Crippen molar-refractivity contribution in [3.8, 4) is 5.75 Å². The highest BCUT2D eigenvalue weighted by atomic mass is 16.5. The minimum absolute atomic E-state index is 0.00421. The smallest absolute Gasteiger partial charge is 0.228 e. The number of carbonyl (C=O) groups is 3. The Morgan fingerprint density at radius 1 is 0.950 bits per heavy atom. The number of carbonyl (C=O) groups excluding carboxylic acids is 3. The van der Waals surface area contributed by atoms with Crippen molar-refractivity contribution in [2.75, 3.05) is 10.2 Å². The molecule has 7 heteroatoms. The quantitative estimate of drug-likeness (QED) is 0.444. The Balaban J connectivity index is 1.65. The normalized spacial score (nSPS) is 18.5. The number of allylic oxidation sites excluding steroid dienone is 1. The summed E-state index contributed by atoms with van der Waals surface area (Å²) in [5, 5.41) is 14.8. The Morgan fingerprint density at radius 2 is 1.62 bits per heavy atom. The summed E-state index contributed by atoms with van der Waals surface area (Å²) in [6.07, 6.45) is 0.255. The van der Waals surface area contributed by atoms with E-state index in [1.807, 2.05) is 69.3 Å². The van der Waals surface area contributed by atoms with Crippen LogP contribution in [0.2, 0.25) is 0 Å². The molecule has 0 aromatic heterocycles. The molecule has 0 radical (unpaired) electrons. The van der Waals surface area contributed by atoms with Crippen LogP contribution in [0.3, 0.4) is 0 Å². The number of carboxylic acids is 1. The molecule has 3 aromatic rings. The number of rotatable bonds is 7. The SMILES string of the molecule is Cc1ccc(C2CC(=O)C3=C(C2)Nc2ccccc2N(C(=O)CCC(=O)[O-])C3c2ccc(OC(C)C)cc2)cc1. The Hall–Kier alpha value is -4.39. The molecule has 1 N–H and O–H groups in total. The fraction of sp³-hybridized carbons (Fsp3) is 0.303. The van der Waals surface area contributed by atoms with Gasteiger partial charge in [-0.3, -0.25) is 14.5 Å². The highest BCUT2D eigenvalue weighted by Crippen LogP contribution is 2.47. The Morgan fingerprint density at radius 3 is 2.30 bits per heavy atom. The summed E-state index contributed by atoms with van der Waals surface area (Å²) in [7, 11) is 0. The molecule has 1 aliphatic heterocycles. The van der Waals surface area contributed by atoms with E-state index in [1.54, 1.807) is 4.90 Å². The Bertz CT molecular complexity index is 1460. The van der Waals surface area contributed by atoms with E-state index >= 15 is 0 Å². The summed E-state index contributed by atoms with van der Waals surface area (Å²) in [5.41, 5.74) is 5.58. The molecule has 3 aromatic carbocycles. The molecule has 1 amide bonds. The summed E-state index contributed by atoms with van der Waals surface area (Å²) in [4.78, 5) is 40.7. The van der Waals surface area contributed by atoms with Gasteiger partial charge < -0.3 is 20.0 Å². The summed E-state index contributed by atoms with van der Waals surface area (Å²) < 4.78 is 5.83. The van der Waals surface area contributed by atoms with Gasteiger partial charge in [0.15, 0.2) is 5.78 Å². The molecule has 2 atom stereocenters. The predicted molar refractivity (Wildman–Crippen MR) is 152 cm³/mol. The number of ketones is 1. The lowest BCUT2D eigenvalue weighted by atomic mass is 9.78. The fourth-order valence-electron chi connectivity index (χ4n) is 5.59.